The number of carbonyl (C=O) groups excluding carboxylic acids is 1. The summed E-state index contributed by atoms with van der Waals surface area (Å²) in [5.41, 5.74) is 0. The Bertz CT molecular complexity index is 176. The van der Waals surface area contributed by atoms with E-state index in [2.05, 4.69) is 5.32 Å². The number of ether oxygens (including phenoxy) is 2. The van der Waals surface area contributed by atoms with Gasteiger partial charge in [-0.05, 0) is 32.7 Å². The lowest BCUT2D eigenvalue weighted by atomic mass is 9.93. The molecular formula is C10H19NO3. The molecule has 0 atom stereocenters. The van der Waals surface area contributed by atoms with Crippen LogP contribution >= 0.6 is 0 Å². The van der Waals surface area contributed by atoms with Crippen LogP contribution in [0.25, 0.3) is 0 Å². The summed E-state index contributed by atoms with van der Waals surface area (Å²) < 4.78 is 9.93. The summed E-state index contributed by atoms with van der Waals surface area (Å²) in [6.07, 6.45) is 4.19. The molecule has 82 valence electrons. The molecule has 14 heavy (non-hydrogen) atoms. The summed E-state index contributed by atoms with van der Waals surface area (Å²) in [6, 6.07) is 0.590. The molecule has 1 aliphatic carbocycles. The van der Waals surface area contributed by atoms with Gasteiger partial charge in [-0.1, -0.05) is 0 Å². The van der Waals surface area contributed by atoms with Crippen LogP contribution in [0, 0.1) is 0 Å². The largest absolute Gasteiger partial charge is 0.461 e. The number of methoxy groups -OCH3 is 1. The predicted octanol–water partition coefficient (Wildman–Crippen LogP) is 0.707. The lowest BCUT2D eigenvalue weighted by Crippen LogP contribution is -2.34. The second-order valence-corrected chi connectivity index (χ2v) is 3.69. The second kappa shape index (κ2) is 5.98. The van der Waals surface area contributed by atoms with Crippen molar-refractivity contribution in [1.29, 1.82) is 0 Å². The highest BCUT2D eigenvalue weighted by atomic mass is 16.6. The molecule has 0 unspecified atom stereocenters. The van der Waals surface area contributed by atoms with Gasteiger partial charge in [0.1, 0.15) is 12.7 Å². The second-order valence-electron chi connectivity index (χ2n) is 3.69. The van der Waals surface area contributed by atoms with Gasteiger partial charge in [0.05, 0.1) is 0 Å². The van der Waals surface area contributed by atoms with Gasteiger partial charge in [-0.3, -0.25) is 0 Å². The van der Waals surface area contributed by atoms with E-state index >= 15 is 0 Å². The number of nitrogens with one attached hydrogen (secondary N) is 1. The predicted molar refractivity (Wildman–Crippen MR) is 53.1 cm³/mol. The minimum Gasteiger partial charge on any atom is -0.461 e. The van der Waals surface area contributed by atoms with Crippen molar-refractivity contribution in [2.24, 2.45) is 0 Å². The lowest BCUT2D eigenvalue weighted by Gasteiger charge is -2.27. The first-order chi connectivity index (χ1) is 6.76. The van der Waals surface area contributed by atoms with E-state index in [0.717, 1.165) is 25.7 Å². The van der Waals surface area contributed by atoms with Crippen molar-refractivity contribution in [3.8, 4) is 0 Å². The number of esters is 1. The van der Waals surface area contributed by atoms with Gasteiger partial charge < -0.3 is 14.8 Å². The molecule has 1 N–H and O–H groups in total. The third-order valence-electron chi connectivity index (χ3n) is 2.64. The van der Waals surface area contributed by atoms with E-state index in [1.807, 2.05) is 7.05 Å². The molecule has 0 amide bonds. The van der Waals surface area contributed by atoms with Crippen LogP contribution in [0.2, 0.25) is 0 Å². The van der Waals surface area contributed by atoms with Gasteiger partial charge in [0.25, 0.3) is 0 Å². The smallest absolute Gasteiger partial charge is 0.332 e. The van der Waals surface area contributed by atoms with Crippen molar-refractivity contribution in [2.45, 2.75) is 37.8 Å². The third-order valence-corrected chi connectivity index (χ3v) is 2.64. The van der Waals surface area contributed by atoms with Gasteiger partial charge in [0, 0.05) is 13.2 Å². The van der Waals surface area contributed by atoms with Crippen LogP contribution in [0.1, 0.15) is 25.7 Å². The van der Waals surface area contributed by atoms with Crippen molar-refractivity contribution < 1.29 is 14.3 Å². The quantitative estimate of drug-likeness (QED) is 0.680. The molecule has 0 heterocycles. The van der Waals surface area contributed by atoms with E-state index in [0.29, 0.717) is 6.04 Å². The number of hydrogen-bond acceptors (Lipinski definition) is 4. The number of hydrogen-bond donors (Lipinski definition) is 1. The van der Waals surface area contributed by atoms with Crippen LogP contribution in [-0.2, 0) is 14.3 Å². The summed E-state index contributed by atoms with van der Waals surface area (Å²) in [4.78, 5) is 11.1. The highest BCUT2D eigenvalue weighted by molar-refractivity contribution is 5.70. The minimum atomic E-state index is -0.250. The Balaban J connectivity index is 2.18. The Hall–Kier alpha value is -0.610. The summed E-state index contributed by atoms with van der Waals surface area (Å²) in [5, 5.41) is 3.24. The molecule has 0 aromatic rings. The van der Waals surface area contributed by atoms with E-state index in [-0.39, 0.29) is 18.7 Å². The van der Waals surface area contributed by atoms with E-state index in [1.54, 1.807) is 0 Å². The molecule has 0 spiro atoms. The normalized spacial score (nSPS) is 27.3. The molecule has 1 fully saturated rings. The van der Waals surface area contributed by atoms with Gasteiger partial charge in [-0.15, -0.1) is 0 Å². The molecule has 0 aliphatic heterocycles. The van der Waals surface area contributed by atoms with Gasteiger partial charge in [-0.2, -0.15) is 0 Å². The summed E-state index contributed by atoms with van der Waals surface area (Å²) >= 11 is 0. The SMILES string of the molecule is CN[C@H]1CC[C@H](OC(=O)COC)CC1. The molecule has 1 saturated carbocycles. The molecular weight excluding hydrogens is 182 g/mol. The Kier molecular flexibility index (Phi) is 4.90. The van der Waals surface area contributed by atoms with E-state index < -0.39 is 0 Å². The average molecular weight is 201 g/mol. The average Bonchev–Trinajstić information content (AvgIpc) is 2.19. The first-order valence-electron chi connectivity index (χ1n) is 5.12. The topological polar surface area (TPSA) is 47.6 Å². The molecule has 0 bridgehead atoms. The fraction of sp³-hybridized carbons (Fsp3) is 0.900. The summed E-state index contributed by atoms with van der Waals surface area (Å²) in [7, 11) is 3.47. The maximum absolute atomic E-state index is 11.1. The van der Waals surface area contributed by atoms with Crippen molar-refractivity contribution >= 4 is 5.97 Å². The first kappa shape index (κ1) is 11.5. The van der Waals surface area contributed by atoms with Crippen LogP contribution < -0.4 is 5.32 Å². The maximum Gasteiger partial charge on any atom is 0.332 e. The zero-order chi connectivity index (χ0) is 10.4. The zero-order valence-electron chi connectivity index (χ0n) is 8.91. The minimum absolute atomic E-state index is 0.0615. The molecule has 4 nitrogen and oxygen atoms in total. The van der Waals surface area contributed by atoms with E-state index in [4.69, 9.17) is 9.47 Å². The van der Waals surface area contributed by atoms with Crippen LogP contribution in [0.5, 0.6) is 0 Å². The molecule has 0 saturated heterocycles. The lowest BCUT2D eigenvalue weighted by molar-refractivity contribution is -0.155. The van der Waals surface area contributed by atoms with Crippen molar-refractivity contribution in [1.82, 2.24) is 5.32 Å². The van der Waals surface area contributed by atoms with E-state index in [9.17, 15) is 4.79 Å². The van der Waals surface area contributed by atoms with Crippen molar-refractivity contribution in [2.75, 3.05) is 20.8 Å². The van der Waals surface area contributed by atoms with Crippen molar-refractivity contribution in [3.63, 3.8) is 0 Å². The molecule has 1 rings (SSSR count). The molecule has 4 heteroatoms. The Morgan fingerprint density at radius 3 is 2.50 bits per heavy atom. The first-order valence-corrected chi connectivity index (χ1v) is 5.12. The van der Waals surface area contributed by atoms with Gasteiger partial charge in [0.2, 0.25) is 0 Å². The van der Waals surface area contributed by atoms with Crippen LogP contribution in [0.15, 0.2) is 0 Å². The fourth-order valence-corrected chi connectivity index (χ4v) is 1.81. The van der Waals surface area contributed by atoms with Crippen LogP contribution in [0.4, 0.5) is 0 Å². The third kappa shape index (κ3) is 3.64. The fourth-order valence-electron chi connectivity index (χ4n) is 1.81. The van der Waals surface area contributed by atoms with Gasteiger partial charge in [0.15, 0.2) is 0 Å². The molecule has 0 aromatic carbocycles. The maximum atomic E-state index is 11.1. The van der Waals surface area contributed by atoms with E-state index in [1.165, 1.54) is 7.11 Å². The van der Waals surface area contributed by atoms with Gasteiger partial charge >= 0.3 is 5.97 Å². The summed E-state index contributed by atoms with van der Waals surface area (Å²) in [6.45, 7) is 0.0615. The van der Waals surface area contributed by atoms with Crippen LogP contribution in [0.3, 0.4) is 0 Å². The Labute approximate surface area is 85.0 Å². The highest BCUT2D eigenvalue weighted by Crippen LogP contribution is 2.20. The summed E-state index contributed by atoms with van der Waals surface area (Å²) in [5.74, 6) is -0.250. The zero-order valence-corrected chi connectivity index (χ0v) is 8.91. The standard InChI is InChI=1S/C10H19NO3/c1-11-8-3-5-9(6-4-8)14-10(12)7-13-2/h8-9,11H,3-7H2,1-2H3/t8-,9-. The number of carbonyl (C=O) groups is 1. The highest BCUT2D eigenvalue weighted by Gasteiger charge is 2.22. The molecule has 0 aromatic heterocycles. The Morgan fingerprint density at radius 1 is 1.36 bits per heavy atom. The van der Waals surface area contributed by atoms with Gasteiger partial charge in [-0.25, -0.2) is 4.79 Å². The van der Waals surface area contributed by atoms with Crippen LogP contribution in [-0.4, -0.2) is 38.9 Å². The van der Waals surface area contributed by atoms with Crippen molar-refractivity contribution in [3.05, 3.63) is 0 Å². The number of rotatable bonds is 4. The molecule has 0 radical (unpaired) electrons. The monoisotopic (exact) mass is 201 g/mol. The molecule has 1 aliphatic rings. The Morgan fingerprint density at radius 2 is 2.00 bits per heavy atom.